The van der Waals surface area contributed by atoms with Gasteiger partial charge in [-0.2, -0.15) is 0 Å². The van der Waals surface area contributed by atoms with Crippen molar-refractivity contribution in [2.24, 2.45) is 0 Å². The summed E-state index contributed by atoms with van der Waals surface area (Å²) in [6, 6.07) is 4.53. The second-order valence-electron chi connectivity index (χ2n) is 3.97. The summed E-state index contributed by atoms with van der Waals surface area (Å²) < 4.78 is 48.4. The maximum absolute atomic E-state index is 12.4. The number of benzene rings is 1. The molecule has 102 valence electrons. The molecule has 0 fully saturated rings. The Morgan fingerprint density at radius 3 is 2.42 bits per heavy atom. The van der Waals surface area contributed by atoms with Crippen molar-refractivity contribution in [3.05, 3.63) is 41.7 Å². The zero-order chi connectivity index (χ0) is 13.9. The Kier molecular flexibility index (Phi) is 4.33. The molecule has 0 aromatic heterocycles. The predicted octanol–water partition coefficient (Wildman–Crippen LogP) is 3.46. The van der Waals surface area contributed by atoms with Crippen molar-refractivity contribution in [1.29, 1.82) is 0 Å². The van der Waals surface area contributed by atoms with Gasteiger partial charge in [-0.1, -0.05) is 0 Å². The Bertz CT molecular complexity index is 492. The van der Waals surface area contributed by atoms with Gasteiger partial charge in [-0.25, -0.2) is 0 Å². The maximum atomic E-state index is 12.4. The van der Waals surface area contributed by atoms with E-state index >= 15 is 0 Å². The summed E-state index contributed by atoms with van der Waals surface area (Å²) in [4.78, 5) is 0. The van der Waals surface area contributed by atoms with Crippen LogP contribution in [0.15, 0.2) is 36.1 Å². The number of rotatable bonds is 3. The van der Waals surface area contributed by atoms with Crippen LogP contribution in [0.25, 0.3) is 0 Å². The molecular formula is C13H11CrF3O2. The van der Waals surface area contributed by atoms with Crippen LogP contribution in [0.3, 0.4) is 0 Å². The van der Waals surface area contributed by atoms with Crippen molar-refractivity contribution < 1.29 is 38.5 Å². The van der Waals surface area contributed by atoms with Gasteiger partial charge in [-0.15, -0.1) is 0 Å². The molecular weight excluding hydrogens is 297 g/mol. The van der Waals surface area contributed by atoms with Crippen LogP contribution in [0.4, 0.5) is 13.2 Å². The summed E-state index contributed by atoms with van der Waals surface area (Å²) >= 11 is 2.72. The molecule has 1 aliphatic rings. The van der Waals surface area contributed by atoms with E-state index in [1.165, 1.54) is 12.1 Å². The normalized spacial score (nSPS) is 15.4. The molecule has 1 aliphatic heterocycles. The van der Waals surface area contributed by atoms with Crippen molar-refractivity contribution in [3.63, 3.8) is 0 Å². The second kappa shape index (κ2) is 5.81. The van der Waals surface area contributed by atoms with Gasteiger partial charge >= 0.3 is 116 Å². The van der Waals surface area contributed by atoms with Crippen molar-refractivity contribution in [2.75, 3.05) is 6.61 Å². The van der Waals surface area contributed by atoms with Gasteiger partial charge < -0.3 is 0 Å². The van der Waals surface area contributed by atoms with Crippen LogP contribution < -0.4 is 4.74 Å². The van der Waals surface area contributed by atoms with Gasteiger partial charge in [0.15, 0.2) is 0 Å². The van der Waals surface area contributed by atoms with Crippen molar-refractivity contribution in [1.82, 2.24) is 0 Å². The quantitative estimate of drug-likeness (QED) is 0.851. The van der Waals surface area contributed by atoms with Crippen molar-refractivity contribution in [3.8, 4) is 5.75 Å². The zero-order valence-electron chi connectivity index (χ0n) is 9.87. The fourth-order valence-electron chi connectivity index (χ4n) is 1.57. The summed E-state index contributed by atoms with van der Waals surface area (Å²) in [5.41, 5.74) is -0.699. The molecule has 0 saturated carbocycles. The Hall–Kier alpha value is -1.25. The monoisotopic (exact) mass is 308 g/mol. The van der Waals surface area contributed by atoms with Gasteiger partial charge in [0, 0.05) is 0 Å². The number of ether oxygens (including phenoxy) is 2. The first-order chi connectivity index (χ1) is 8.97. The number of halogens is 3. The van der Waals surface area contributed by atoms with E-state index in [0.29, 0.717) is 22.7 Å². The van der Waals surface area contributed by atoms with Gasteiger partial charge in [-0.3, -0.25) is 0 Å². The molecule has 0 unspecified atom stereocenters. The van der Waals surface area contributed by atoms with Crippen LogP contribution in [0.5, 0.6) is 5.75 Å². The third-order valence-electron chi connectivity index (χ3n) is 2.53. The third-order valence-corrected chi connectivity index (χ3v) is 2.97. The van der Waals surface area contributed by atoms with Crippen LogP contribution in [0.1, 0.15) is 18.4 Å². The summed E-state index contributed by atoms with van der Waals surface area (Å²) in [6.07, 6.45) is -0.591. The first kappa shape index (κ1) is 14.2. The fraction of sp³-hybridized carbons (Fsp3) is 0.308. The van der Waals surface area contributed by atoms with Gasteiger partial charge in [0.05, 0.1) is 0 Å². The molecule has 19 heavy (non-hydrogen) atoms. The second-order valence-corrected chi connectivity index (χ2v) is 4.55. The molecule has 1 heterocycles. The van der Waals surface area contributed by atoms with Gasteiger partial charge in [0.2, 0.25) is 0 Å². The molecule has 1 aromatic rings. The molecule has 0 amide bonds. The van der Waals surface area contributed by atoms with Gasteiger partial charge in [0.1, 0.15) is 0 Å². The predicted molar refractivity (Wildman–Crippen MR) is 60.3 cm³/mol. The van der Waals surface area contributed by atoms with Gasteiger partial charge in [-0.05, 0) is 0 Å². The first-order valence-electron chi connectivity index (χ1n) is 5.69. The minimum absolute atomic E-state index is 0.330. The molecule has 1 aromatic carbocycles. The Labute approximate surface area is 116 Å². The Balaban J connectivity index is 2.03. The number of hydrogen-bond donors (Lipinski definition) is 0. The summed E-state index contributed by atoms with van der Waals surface area (Å²) in [5, 5.41) is 0. The average molecular weight is 308 g/mol. The standard InChI is InChI=1S/C13H11F3O2.Cr/c14-13(15,16)10-4-6-11(7-5-10)18-9-12-3-1-2-8-17-12;/h3-7H,1-2,8H2;. The number of allylic oxidation sites excluding steroid dienone is 1. The van der Waals surface area contributed by atoms with Crippen LogP contribution in [-0.4, -0.2) is 11.2 Å². The molecule has 6 heteroatoms. The SMILES string of the molecule is FC(F)(F)c1ccc(O[C](=[Cr])C2=CCCCO2)cc1. The molecule has 2 nitrogen and oxygen atoms in total. The van der Waals surface area contributed by atoms with Gasteiger partial charge in [0.25, 0.3) is 0 Å². The summed E-state index contributed by atoms with van der Waals surface area (Å²) in [6.45, 7) is 0.618. The molecule has 0 atom stereocenters. The van der Waals surface area contributed by atoms with E-state index in [9.17, 15) is 13.2 Å². The van der Waals surface area contributed by atoms with Crippen molar-refractivity contribution >= 4 is 4.57 Å². The molecule has 0 spiro atoms. The first-order valence-corrected chi connectivity index (χ1v) is 6.33. The van der Waals surface area contributed by atoms with E-state index in [4.69, 9.17) is 9.47 Å². The Morgan fingerprint density at radius 1 is 1.21 bits per heavy atom. The minimum atomic E-state index is -4.33. The van der Waals surface area contributed by atoms with Crippen LogP contribution >= 0.6 is 0 Å². The van der Waals surface area contributed by atoms with Crippen molar-refractivity contribution in [2.45, 2.75) is 19.0 Å². The number of hydrogen-bond acceptors (Lipinski definition) is 2. The molecule has 0 bridgehead atoms. The molecule has 0 radical (unpaired) electrons. The Morgan fingerprint density at radius 2 is 1.89 bits per heavy atom. The van der Waals surface area contributed by atoms with E-state index in [1.54, 1.807) is 0 Å². The van der Waals surface area contributed by atoms with Crippen LogP contribution in [-0.2, 0) is 26.8 Å². The summed E-state index contributed by atoms with van der Waals surface area (Å²) in [7, 11) is 0. The topological polar surface area (TPSA) is 18.5 Å². The van der Waals surface area contributed by atoms with Crippen LogP contribution in [0.2, 0.25) is 0 Å². The summed E-state index contributed by atoms with van der Waals surface area (Å²) in [5.74, 6) is 0.933. The van der Waals surface area contributed by atoms with E-state index in [-0.39, 0.29) is 0 Å². The fourth-order valence-corrected chi connectivity index (χ4v) is 1.94. The van der Waals surface area contributed by atoms with E-state index in [2.05, 4.69) is 15.9 Å². The zero-order valence-corrected chi connectivity index (χ0v) is 11.1. The van der Waals surface area contributed by atoms with E-state index in [1.807, 2.05) is 6.08 Å². The molecule has 2 rings (SSSR count). The third kappa shape index (κ3) is 3.86. The molecule has 0 N–H and O–H groups in total. The number of alkyl halides is 3. The van der Waals surface area contributed by atoms with E-state index < -0.39 is 11.7 Å². The van der Waals surface area contributed by atoms with E-state index in [0.717, 1.165) is 25.0 Å². The van der Waals surface area contributed by atoms with Crippen LogP contribution in [0, 0.1) is 0 Å². The molecule has 0 saturated heterocycles. The average Bonchev–Trinajstić information content (AvgIpc) is 2.39. The molecule has 0 aliphatic carbocycles.